The second-order valence-electron chi connectivity index (χ2n) is 12.4. The van der Waals surface area contributed by atoms with Gasteiger partial charge in [0.1, 0.15) is 17.2 Å². The molecule has 248 valence electrons. The number of piperazine rings is 1. The van der Waals surface area contributed by atoms with Gasteiger partial charge in [0.05, 0.1) is 19.0 Å². The van der Waals surface area contributed by atoms with E-state index in [-0.39, 0.29) is 12.4 Å². The Morgan fingerprint density at radius 3 is 2.51 bits per heavy atom. The minimum atomic E-state index is -0.591. The molecule has 0 atom stereocenters. The molecule has 11 nitrogen and oxygen atoms in total. The van der Waals surface area contributed by atoms with E-state index in [9.17, 15) is 9.18 Å². The molecule has 1 aliphatic heterocycles. The molecule has 0 unspecified atom stereocenters. The molecular formula is C35H43FN8O3. The summed E-state index contributed by atoms with van der Waals surface area (Å²) in [6.45, 7) is 12.2. The van der Waals surface area contributed by atoms with Gasteiger partial charge in [-0.2, -0.15) is 10.1 Å². The van der Waals surface area contributed by atoms with Gasteiger partial charge in [-0.25, -0.2) is 18.9 Å². The first-order chi connectivity index (χ1) is 22.6. The van der Waals surface area contributed by atoms with Crippen LogP contribution in [0.1, 0.15) is 43.2 Å². The van der Waals surface area contributed by atoms with Crippen molar-refractivity contribution in [3.05, 3.63) is 95.2 Å². The van der Waals surface area contributed by atoms with Crippen molar-refractivity contribution in [2.75, 3.05) is 50.1 Å². The largest absolute Gasteiger partial charge is 0.497 e. The van der Waals surface area contributed by atoms with E-state index in [1.165, 1.54) is 6.07 Å². The average Bonchev–Trinajstić information content (AvgIpc) is 3.42. The number of hydrogen-bond donors (Lipinski definition) is 2. The predicted octanol–water partition coefficient (Wildman–Crippen LogP) is 5.59. The van der Waals surface area contributed by atoms with Crippen molar-refractivity contribution in [2.24, 2.45) is 0 Å². The Morgan fingerprint density at radius 1 is 1.02 bits per heavy atom. The molecule has 0 aliphatic carbocycles. The second kappa shape index (κ2) is 15.1. The molecule has 2 aromatic carbocycles. The number of benzene rings is 2. The highest BCUT2D eigenvalue weighted by Gasteiger charge is 2.19. The van der Waals surface area contributed by atoms with E-state index in [0.717, 1.165) is 61.0 Å². The van der Waals surface area contributed by atoms with Crippen LogP contribution in [0.15, 0.2) is 67.0 Å². The molecule has 0 saturated carbocycles. The maximum Gasteiger partial charge on any atom is 0.407 e. The van der Waals surface area contributed by atoms with Gasteiger partial charge in [0, 0.05) is 69.3 Å². The fourth-order valence-corrected chi connectivity index (χ4v) is 5.22. The van der Waals surface area contributed by atoms with Crippen molar-refractivity contribution < 1.29 is 18.7 Å². The van der Waals surface area contributed by atoms with Crippen LogP contribution in [0.5, 0.6) is 5.75 Å². The van der Waals surface area contributed by atoms with E-state index in [1.54, 1.807) is 40.1 Å². The van der Waals surface area contributed by atoms with Crippen LogP contribution >= 0.6 is 0 Å². The SMILES string of the molecule is COc1ccc(CNc2nccc(-n3ncc(/C=C/CN4CCN(c5cc(F)cc(CNC(=O)OC(C)(C)C)c5)CC4)c3C)n2)cc1. The maximum atomic E-state index is 14.5. The minimum absolute atomic E-state index is 0.195. The van der Waals surface area contributed by atoms with Crippen molar-refractivity contribution >= 4 is 23.8 Å². The zero-order valence-corrected chi connectivity index (χ0v) is 27.7. The van der Waals surface area contributed by atoms with Gasteiger partial charge in [-0.3, -0.25) is 4.90 Å². The lowest BCUT2D eigenvalue weighted by Gasteiger charge is -2.35. The predicted molar refractivity (Wildman–Crippen MR) is 181 cm³/mol. The lowest BCUT2D eigenvalue weighted by molar-refractivity contribution is 0.0523. The molecule has 0 radical (unpaired) electrons. The third-order valence-electron chi connectivity index (χ3n) is 7.69. The zero-order valence-electron chi connectivity index (χ0n) is 27.7. The number of anilines is 2. The van der Waals surface area contributed by atoms with Gasteiger partial charge in [-0.05, 0) is 69.2 Å². The number of halogens is 1. The summed E-state index contributed by atoms with van der Waals surface area (Å²) in [6.07, 6.45) is 7.28. The number of ether oxygens (including phenoxy) is 2. The number of nitrogens with one attached hydrogen (secondary N) is 2. The Bertz CT molecular complexity index is 1680. The fraction of sp³-hybridized carbons (Fsp3) is 0.371. The third kappa shape index (κ3) is 9.52. The molecule has 47 heavy (non-hydrogen) atoms. The summed E-state index contributed by atoms with van der Waals surface area (Å²) in [6, 6.07) is 14.6. The number of alkyl carbamates (subject to hydrolysis) is 1. The highest BCUT2D eigenvalue weighted by molar-refractivity contribution is 5.67. The van der Waals surface area contributed by atoms with Gasteiger partial charge < -0.3 is 25.0 Å². The Labute approximate surface area is 275 Å². The number of carbonyl (C=O) groups is 1. The van der Waals surface area contributed by atoms with E-state index >= 15 is 0 Å². The summed E-state index contributed by atoms with van der Waals surface area (Å²) in [5, 5.41) is 10.6. The first-order valence-corrected chi connectivity index (χ1v) is 15.7. The summed E-state index contributed by atoms with van der Waals surface area (Å²) >= 11 is 0. The van der Waals surface area contributed by atoms with Crippen LogP contribution in [0, 0.1) is 12.7 Å². The summed E-state index contributed by atoms with van der Waals surface area (Å²) in [5.41, 5.74) is 4.00. The molecule has 1 fully saturated rings. The number of carbonyl (C=O) groups excluding carboxylic acids is 1. The second-order valence-corrected chi connectivity index (χ2v) is 12.4. The Hall–Kier alpha value is -4.97. The summed E-state index contributed by atoms with van der Waals surface area (Å²) in [5.74, 6) is 1.70. The molecule has 0 spiro atoms. The quantitative estimate of drug-likeness (QED) is 0.216. The normalized spacial score (nSPS) is 14.0. The number of amides is 1. The highest BCUT2D eigenvalue weighted by atomic mass is 19.1. The van der Waals surface area contributed by atoms with Gasteiger partial charge >= 0.3 is 6.09 Å². The molecule has 4 aromatic rings. The summed E-state index contributed by atoms with van der Waals surface area (Å²) < 4.78 is 26.8. The molecule has 12 heteroatoms. The Balaban J connectivity index is 1.11. The zero-order chi connectivity index (χ0) is 33.4. The number of nitrogens with zero attached hydrogens (tertiary/aromatic N) is 6. The van der Waals surface area contributed by atoms with Crippen molar-refractivity contribution in [2.45, 2.75) is 46.4 Å². The van der Waals surface area contributed by atoms with E-state index < -0.39 is 11.7 Å². The highest BCUT2D eigenvalue weighted by Crippen LogP contribution is 2.21. The lowest BCUT2D eigenvalue weighted by atomic mass is 10.1. The van der Waals surface area contributed by atoms with Crippen molar-refractivity contribution in [1.29, 1.82) is 0 Å². The van der Waals surface area contributed by atoms with Gasteiger partial charge in [-0.1, -0.05) is 24.3 Å². The first-order valence-electron chi connectivity index (χ1n) is 15.7. The van der Waals surface area contributed by atoms with Crippen molar-refractivity contribution in [3.8, 4) is 11.6 Å². The van der Waals surface area contributed by atoms with Gasteiger partial charge in [0.2, 0.25) is 5.95 Å². The number of hydrogen-bond acceptors (Lipinski definition) is 9. The van der Waals surface area contributed by atoms with Crippen LogP contribution in [0.3, 0.4) is 0 Å². The van der Waals surface area contributed by atoms with Crippen LogP contribution in [-0.4, -0.2) is 76.2 Å². The molecule has 2 aromatic heterocycles. The third-order valence-corrected chi connectivity index (χ3v) is 7.69. The average molecular weight is 643 g/mol. The van der Waals surface area contributed by atoms with E-state index in [1.807, 2.05) is 54.2 Å². The monoisotopic (exact) mass is 642 g/mol. The maximum absolute atomic E-state index is 14.5. The molecule has 1 saturated heterocycles. The molecule has 0 bridgehead atoms. The van der Waals surface area contributed by atoms with Crippen LogP contribution < -0.4 is 20.3 Å². The van der Waals surface area contributed by atoms with Gasteiger partial charge in [-0.15, -0.1) is 0 Å². The Morgan fingerprint density at radius 2 is 1.79 bits per heavy atom. The van der Waals surface area contributed by atoms with Crippen LogP contribution in [0.4, 0.5) is 20.8 Å². The molecular weight excluding hydrogens is 599 g/mol. The fourth-order valence-electron chi connectivity index (χ4n) is 5.22. The molecule has 3 heterocycles. The Kier molecular flexibility index (Phi) is 10.7. The number of methoxy groups -OCH3 is 1. The van der Waals surface area contributed by atoms with Crippen molar-refractivity contribution in [1.82, 2.24) is 30.0 Å². The topological polar surface area (TPSA) is 110 Å². The van der Waals surface area contributed by atoms with Gasteiger partial charge in [0.25, 0.3) is 0 Å². The van der Waals surface area contributed by atoms with E-state index in [2.05, 4.69) is 47.7 Å². The number of aromatic nitrogens is 4. The minimum Gasteiger partial charge on any atom is -0.497 e. The summed E-state index contributed by atoms with van der Waals surface area (Å²) in [7, 11) is 1.65. The standard InChI is InChI=1S/C35H43FN8O3/c1-25-28(24-40-44(25)32-12-13-37-33(41-32)38-22-26-8-10-31(46-5)11-9-26)7-6-14-42-15-17-43(18-16-42)30-20-27(19-29(36)21-30)23-39-34(45)47-35(2,3)4/h6-13,19-21,24H,14-18,22-23H2,1-5H3,(H,39,45)(H,37,38,41)/b7-6+. The van der Waals surface area contributed by atoms with E-state index in [0.29, 0.717) is 23.9 Å². The molecule has 5 rings (SSSR count). The molecule has 1 aliphatic rings. The smallest absolute Gasteiger partial charge is 0.407 e. The van der Waals surface area contributed by atoms with Crippen molar-refractivity contribution in [3.63, 3.8) is 0 Å². The van der Waals surface area contributed by atoms with Gasteiger partial charge in [0.15, 0.2) is 5.82 Å². The first kappa shape index (κ1) is 33.4. The van der Waals surface area contributed by atoms with Crippen LogP contribution in [0.2, 0.25) is 0 Å². The van der Waals surface area contributed by atoms with Crippen LogP contribution in [-0.2, 0) is 17.8 Å². The summed E-state index contributed by atoms with van der Waals surface area (Å²) in [4.78, 5) is 25.6. The lowest BCUT2D eigenvalue weighted by Crippen LogP contribution is -2.46. The molecule has 2 N–H and O–H groups in total. The molecule has 1 amide bonds. The van der Waals surface area contributed by atoms with Crippen LogP contribution in [0.25, 0.3) is 11.9 Å². The number of rotatable bonds is 11. The van der Waals surface area contributed by atoms with E-state index in [4.69, 9.17) is 9.47 Å².